The van der Waals surface area contributed by atoms with Crippen molar-refractivity contribution in [3.63, 3.8) is 0 Å². The van der Waals surface area contributed by atoms with Gasteiger partial charge in [-0.2, -0.15) is 5.26 Å². The molecule has 5 nitrogen and oxygen atoms in total. The second-order valence-electron chi connectivity index (χ2n) is 5.14. The lowest BCUT2D eigenvalue weighted by atomic mass is 10.1. The van der Waals surface area contributed by atoms with Gasteiger partial charge in [-0.05, 0) is 48.9 Å². The summed E-state index contributed by atoms with van der Waals surface area (Å²) >= 11 is 0. The summed E-state index contributed by atoms with van der Waals surface area (Å²) in [6, 6.07) is 12.0. The van der Waals surface area contributed by atoms with E-state index in [4.69, 9.17) is 5.26 Å². The number of nitrogens with one attached hydrogen (secondary N) is 2. The smallest absolute Gasteiger partial charge is 0.258 e. The van der Waals surface area contributed by atoms with Gasteiger partial charge in [-0.15, -0.1) is 0 Å². The van der Waals surface area contributed by atoms with Crippen molar-refractivity contribution < 1.29 is 14.0 Å². The molecule has 0 aromatic heterocycles. The maximum atomic E-state index is 13.8. The van der Waals surface area contributed by atoms with E-state index in [9.17, 15) is 14.0 Å². The van der Waals surface area contributed by atoms with Crippen LogP contribution in [0.4, 0.5) is 15.8 Å². The number of nitrogens with zero attached hydrogens (tertiary/aromatic N) is 1. The molecule has 6 heteroatoms. The van der Waals surface area contributed by atoms with Crippen LogP contribution in [-0.2, 0) is 4.79 Å². The van der Waals surface area contributed by atoms with Crippen molar-refractivity contribution in [1.29, 1.82) is 5.26 Å². The fourth-order valence-corrected chi connectivity index (χ4v) is 2.05. The lowest BCUT2D eigenvalue weighted by Crippen LogP contribution is -2.14. The number of hydrogen-bond acceptors (Lipinski definition) is 3. The maximum absolute atomic E-state index is 13.8. The molecule has 0 radical (unpaired) electrons. The molecule has 0 atom stereocenters. The van der Waals surface area contributed by atoms with Crippen LogP contribution in [0.15, 0.2) is 42.5 Å². The molecule has 2 N–H and O–H groups in total. The van der Waals surface area contributed by atoms with Gasteiger partial charge in [0, 0.05) is 17.8 Å². The Kier molecular flexibility index (Phi) is 5.63. The van der Waals surface area contributed by atoms with E-state index in [1.807, 2.05) is 13.0 Å². The van der Waals surface area contributed by atoms with Crippen molar-refractivity contribution in [2.24, 2.45) is 0 Å². The number of nitriles is 1. The average molecular weight is 325 g/mol. The lowest BCUT2D eigenvalue weighted by molar-refractivity contribution is -0.116. The quantitative estimate of drug-likeness (QED) is 0.879. The van der Waals surface area contributed by atoms with Gasteiger partial charge in [0.15, 0.2) is 0 Å². The second-order valence-corrected chi connectivity index (χ2v) is 5.14. The minimum Gasteiger partial charge on any atom is -0.326 e. The van der Waals surface area contributed by atoms with Crippen LogP contribution in [0.1, 0.15) is 35.7 Å². The molecule has 2 aromatic rings. The van der Waals surface area contributed by atoms with E-state index >= 15 is 0 Å². The van der Waals surface area contributed by atoms with Crippen LogP contribution in [0.2, 0.25) is 0 Å². The fraction of sp³-hybridized carbons (Fsp3) is 0.167. The topological polar surface area (TPSA) is 82.0 Å². The minimum absolute atomic E-state index is 0.0751. The van der Waals surface area contributed by atoms with Gasteiger partial charge in [0.05, 0.1) is 17.2 Å². The largest absolute Gasteiger partial charge is 0.326 e. The minimum atomic E-state index is -0.755. The number of anilines is 2. The molecule has 0 bridgehead atoms. The average Bonchev–Trinajstić information content (AvgIpc) is 2.56. The SMILES string of the molecule is CCCC(=O)Nc1ccc(NC(=O)c2ccc(C#N)cc2F)cc1. The summed E-state index contributed by atoms with van der Waals surface area (Å²) in [5, 5.41) is 14.0. The van der Waals surface area contributed by atoms with Crippen LogP contribution in [0.5, 0.6) is 0 Å². The summed E-state index contributed by atoms with van der Waals surface area (Å²) in [4.78, 5) is 23.6. The Balaban J connectivity index is 2.04. The van der Waals surface area contributed by atoms with Crippen LogP contribution < -0.4 is 10.6 Å². The molecule has 0 saturated carbocycles. The first-order valence-corrected chi connectivity index (χ1v) is 7.44. The van der Waals surface area contributed by atoms with E-state index in [1.54, 1.807) is 24.3 Å². The van der Waals surface area contributed by atoms with E-state index < -0.39 is 11.7 Å². The standard InChI is InChI=1S/C18H16FN3O2/c1-2-3-17(23)21-13-5-7-14(8-6-13)22-18(24)15-9-4-12(11-20)10-16(15)19/h4-10H,2-3H2,1H3,(H,21,23)(H,22,24). The van der Waals surface area contributed by atoms with Crippen molar-refractivity contribution in [1.82, 2.24) is 0 Å². The Morgan fingerprint density at radius 2 is 1.71 bits per heavy atom. The van der Waals surface area contributed by atoms with Gasteiger partial charge >= 0.3 is 0 Å². The predicted molar refractivity (Wildman–Crippen MR) is 89.0 cm³/mol. The molecule has 0 spiro atoms. The van der Waals surface area contributed by atoms with Crippen molar-refractivity contribution >= 4 is 23.2 Å². The molecule has 2 rings (SSSR count). The molecule has 0 aliphatic heterocycles. The molecule has 2 amide bonds. The van der Waals surface area contributed by atoms with Crippen molar-refractivity contribution in [3.05, 3.63) is 59.4 Å². The Labute approximate surface area is 139 Å². The molecule has 0 aliphatic rings. The summed E-state index contributed by atoms with van der Waals surface area (Å²) in [5.74, 6) is -1.44. The third-order valence-electron chi connectivity index (χ3n) is 3.25. The van der Waals surface area contributed by atoms with E-state index in [2.05, 4.69) is 10.6 Å². The van der Waals surface area contributed by atoms with Crippen LogP contribution in [0.3, 0.4) is 0 Å². The van der Waals surface area contributed by atoms with Crippen molar-refractivity contribution in [2.75, 3.05) is 10.6 Å². The summed E-state index contributed by atoms with van der Waals surface area (Å²) in [6.45, 7) is 1.92. The van der Waals surface area contributed by atoms with Crippen LogP contribution in [-0.4, -0.2) is 11.8 Å². The molecular weight excluding hydrogens is 309 g/mol. The van der Waals surface area contributed by atoms with Crippen LogP contribution >= 0.6 is 0 Å². The number of rotatable bonds is 5. The molecule has 2 aromatic carbocycles. The molecule has 0 heterocycles. The summed E-state index contributed by atoms with van der Waals surface area (Å²) in [6.07, 6.45) is 1.20. The number of amides is 2. The van der Waals surface area contributed by atoms with Gasteiger partial charge in [-0.25, -0.2) is 4.39 Å². The second kappa shape index (κ2) is 7.88. The number of carbonyl (C=O) groups excluding carboxylic acids is 2. The van der Waals surface area contributed by atoms with Gasteiger partial charge in [0.1, 0.15) is 5.82 Å². The third-order valence-corrected chi connectivity index (χ3v) is 3.25. The fourth-order valence-electron chi connectivity index (χ4n) is 2.05. The Hall–Kier alpha value is -3.20. The number of benzene rings is 2. The van der Waals surface area contributed by atoms with E-state index in [1.165, 1.54) is 12.1 Å². The summed E-state index contributed by atoms with van der Waals surface area (Å²) in [5.41, 5.74) is 1.10. The molecule has 0 unspecified atom stereocenters. The van der Waals surface area contributed by atoms with Gasteiger partial charge in [-0.3, -0.25) is 9.59 Å². The summed E-state index contributed by atoms with van der Waals surface area (Å²) < 4.78 is 13.8. The Bertz CT molecular complexity index is 795. The van der Waals surface area contributed by atoms with Crippen LogP contribution in [0, 0.1) is 17.1 Å². The van der Waals surface area contributed by atoms with Gasteiger partial charge in [0.2, 0.25) is 5.91 Å². The predicted octanol–water partition coefficient (Wildman–Crippen LogP) is 3.69. The number of hydrogen-bond donors (Lipinski definition) is 2. The number of carbonyl (C=O) groups is 2. The molecule has 0 fully saturated rings. The van der Waals surface area contributed by atoms with E-state index in [-0.39, 0.29) is 17.0 Å². The van der Waals surface area contributed by atoms with Gasteiger partial charge in [0.25, 0.3) is 5.91 Å². The maximum Gasteiger partial charge on any atom is 0.258 e. The van der Waals surface area contributed by atoms with E-state index in [0.717, 1.165) is 12.5 Å². The highest BCUT2D eigenvalue weighted by molar-refractivity contribution is 6.04. The highest BCUT2D eigenvalue weighted by Crippen LogP contribution is 2.16. The molecule has 24 heavy (non-hydrogen) atoms. The normalized spacial score (nSPS) is 9.88. The lowest BCUT2D eigenvalue weighted by Gasteiger charge is -2.08. The first kappa shape index (κ1) is 17.2. The highest BCUT2D eigenvalue weighted by Gasteiger charge is 2.12. The van der Waals surface area contributed by atoms with Gasteiger partial charge in [-0.1, -0.05) is 6.92 Å². The third kappa shape index (κ3) is 4.40. The van der Waals surface area contributed by atoms with Crippen molar-refractivity contribution in [3.8, 4) is 6.07 Å². The molecule has 0 saturated heterocycles. The first-order valence-electron chi connectivity index (χ1n) is 7.44. The molecular formula is C18H16FN3O2. The summed E-state index contributed by atoms with van der Waals surface area (Å²) in [7, 11) is 0. The Morgan fingerprint density at radius 1 is 1.08 bits per heavy atom. The molecule has 122 valence electrons. The van der Waals surface area contributed by atoms with Crippen LogP contribution in [0.25, 0.3) is 0 Å². The monoisotopic (exact) mass is 325 g/mol. The zero-order valence-corrected chi connectivity index (χ0v) is 13.1. The highest BCUT2D eigenvalue weighted by atomic mass is 19.1. The van der Waals surface area contributed by atoms with Crippen molar-refractivity contribution in [2.45, 2.75) is 19.8 Å². The Morgan fingerprint density at radius 3 is 2.25 bits per heavy atom. The zero-order valence-electron chi connectivity index (χ0n) is 13.1. The zero-order chi connectivity index (χ0) is 17.5. The first-order chi connectivity index (χ1) is 11.5. The number of halogens is 1. The van der Waals surface area contributed by atoms with Gasteiger partial charge < -0.3 is 10.6 Å². The van der Waals surface area contributed by atoms with E-state index in [0.29, 0.717) is 17.8 Å². The molecule has 0 aliphatic carbocycles.